The molecule has 106 valence electrons. The fraction of sp³-hybridized carbons (Fsp3) is 0.154. The van der Waals surface area contributed by atoms with Gasteiger partial charge in [0.25, 0.3) is 5.91 Å². The first kappa shape index (κ1) is 15.9. The van der Waals surface area contributed by atoms with Crippen LogP contribution in [0.2, 0.25) is 5.02 Å². The molecule has 0 unspecified atom stereocenters. The summed E-state index contributed by atoms with van der Waals surface area (Å²) in [7, 11) is 0. The zero-order chi connectivity index (χ0) is 15.3. The molecule has 6 nitrogen and oxygen atoms in total. The van der Waals surface area contributed by atoms with E-state index >= 15 is 0 Å². The summed E-state index contributed by atoms with van der Waals surface area (Å²) in [4.78, 5) is 11.4. The van der Waals surface area contributed by atoms with E-state index in [1.165, 1.54) is 16.2 Å². The standard InChI is InChI=1S/C11H9ClN4O2.C2H6/c1-14-16-9-5-7(12)3-2-6(9)4-8(10(16)13)11(17)15-18;1-2/h2-5,13,18H,1H2,(H,15,17);1-2H3. The summed E-state index contributed by atoms with van der Waals surface area (Å²) in [6.07, 6.45) is 0. The lowest BCUT2D eigenvalue weighted by Gasteiger charge is -2.09. The number of amides is 1. The summed E-state index contributed by atoms with van der Waals surface area (Å²) in [5.74, 6) is -0.783. The topological polar surface area (TPSA) is 90.5 Å². The molecule has 2 aromatic rings. The smallest absolute Gasteiger partial charge is 0.278 e. The molecular weight excluding hydrogens is 280 g/mol. The Bertz CT molecular complexity index is 709. The molecule has 0 saturated heterocycles. The highest BCUT2D eigenvalue weighted by Gasteiger charge is 2.12. The van der Waals surface area contributed by atoms with Gasteiger partial charge in [-0.25, -0.2) is 10.2 Å². The normalized spacial score (nSPS) is 9.60. The second-order valence-electron chi connectivity index (χ2n) is 3.50. The number of hydrogen-bond acceptors (Lipinski definition) is 4. The summed E-state index contributed by atoms with van der Waals surface area (Å²) in [5.41, 5.74) is 1.84. The van der Waals surface area contributed by atoms with Gasteiger partial charge in [0.15, 0.2) is 5.49 Å². The highest BCUT2D eigenvalue weighted by Crippen LogP contribution is 2.19. The van der Waals surface area contributed by atoms with Crippen LogP contribution in [0.4, 0.5) is 0 Å². The number of carbonyl (C=O) groups excluding carboxylic acids is 1. The van der Waals surface area contributed by atoms with Gasteiger partial charge in [-0.2, -0.15) is 5.10 Å². The van der Waals surface area contributed by atoms with Crippen molar-refractivity contribution in [3.8, 4) is 0 Å². The van der Waals surface area contributed by atoms with E-state index in [4.69, 9.17) is 22.2 Å². The summed E-state index contributed by atoms with van der Waals surface area (Å²) in [5, 5.41) is 21.3. The molecule has 0 fully saturated rings. The third kappa shape index (κ3) is 2.87. The second-order valence-corrected chi connectivity index (χ2v) is 3.94. The highest BCUT2D eigenvalue weighted by molar-refractivity contribution is 6.31. The summed E-state index contributed by atoms with van der Waals surface area (Å²) in [6.45, 7) is 7.35. The van der Waals surface area contributed by atoms with Gasteiger partial charge in [-0.05, 0) is 18.2 Å². The summed E-state index contributed by atoms with van der Waals surface area (Å²) >= 11 is 5.87. The van der Waals surface area contributed by atoms with E-state index < -0.39 is 5.91 Å². The molecule has 1 heterocycles. The average Bonchev–Trinajstić information content (AvgIpc) is 2.48. The number of aromatic nitrogens is 1. The van der Waals surface area contributed by atoms with Gasteiger partial charge in [0.1, 0.15) is 0 Å². The largest absolute Gasteiger partial charge is 0.288 e. The Labute approximate surface area is 120 Å². The number of hydroxylamine groups is 1. The number of rotatable bonds is 2. The van der Waals surface area contributed by atoms with E-state index in [2.05, 4.69) is 11.8 Å². The van der Waals surface area contributed by atoms with Crippen molar-refractivity contribution in [1.29, 1.82) is 5.41 Å². The Balaban J connectivity index is 0.000000956. The molecule has 0 atom stereocenters. The Hall–Kier alpha value is -2.18. The van der Waals surface area contributed by atoms with E-state index in [0.717, 1.165) is 0 Å². The van der Waals surface area contributed by atoms with Crippen LogP contribution < -0.4 is 11.0 Å². The number of carbonyl (C=O) groups is 1. The predicted molar refractivity (Wildman–Crippen MR) is 78.4 cm³/mol. The molecule has 0 aliphatic carbocycles. The Morgan fingerprint density at radius 2 is 2.10 bits per heavy atom. The maximum absolute atomic E-state index is 11.4. The van der Waals surface area contributed by atoms with Gasteiger partial charge in [-0.15, -0.1) is 0 Å². The van der Waals surface area contributed by atoms with Gasteiger partial charge in [0.2, 0.25) is 0 Å². The van der Waals surface area contributed by atoms with Crippen molar-refractivity contribution in [2.75, 3.05) is 0 Å². The first-order valence-corrected chi connectivity index (χ1v) is 6.27. The fourth-order valence-electron chi connectivity index (χ4n) is 1.66. The predicted octanol–water partition coefficient (Wildman–Crippen LogP) is 2.38. The van der Waals surface area contributed by atoms with E-state index in [1.807, 2.05) is 13.8 Å². The van der Waals surface area contributed by atoms with Crippen LogP contribution in [-0.2, 0) is 0 Å². The lowest BCUT2D eigenvalue weighted by molar-refractivity contribution is 0.0703. The number of halogens is 1. The molecule has 7 heteroatoms. The quantitative estimate of drug-likeness (QED) is 0.451. The molecule has 0 bridgehead atoms. The Morgan fingerprint density at radius 3 is 2.65 bits per heavy atom. The number of benzene rings is 1. The van der Waals surface area contributed by atoms with Crippen molar-refractivity contribution in [2.24, 2.45) is 5.10 Å². The molecule has 1 aromatic heterocycles. The number of pyridine rings is 1. The molecule has 0 radical (unpaired) electrons. The van der Waals surface area contributed by atoms with Crippen molar-refractivity contribution in [3.63, 3.8) is 0 Å². The van der Waals surface area contributed by atoms with Gasteiger partial charge in [0, 0.05) is 17.1 Å². The van der Waals surface area contributed by atoms with E-state index in [9.17, 15) is 4.79 Å². The van der Waals surface area contributed by atoms with Crippen LogP contribution >= 0.6 is 11.6 Å². The molecule has 3 N–H and O–H groups in total. The monoisotopic (exact) mass is 294 g/mol. The molecule has 0 aliphatic heterocycles. The molecule has 1 aromatic carbocycles. The van der Waals surface area contributed by atoms with Crippen molar-refractivity contribution in [2.45, 2.75) is 13.8 Å². The minimum Gasteiger partial charge on any atom is -0.288 e. The number of nitrogens with one attached hydrogen (secondary N) is 2. The number of hydrogen-bond donors (Lipinski definition) is 3. The maximum Gasteiger partial charge on any atom is 0.278 e. The molecule has 0 spiro atoms. The molecule has 1 amide bonds. The Kier molecular flexibility index (Phi) is 5.42. The maximum atomic E-state index is 11.4. The molecular formula is C13H15ClN4O2. The number of nitrogens with zero attached hydrogens (tertiary/aromatic N) is 2. The first-order valence-electron chi connectivity index (χ1n) is 5.90. The Morgan fingerprint density at radius 1 is 1.45 bits per heavy atom. The third-order valence-electron chi connectivity index (χ3n) is 2.48. The molecule has 0 aliphatic rings. The van der Waals surface area contributed by atoms with Gasteiger partial charge < -0.3 is 0 Å². The van der Waals surface area contributed by atoms with Gasteiger partial charge in [-0.1, -0.05) is 31.5 Å². The minimum absolute atomic E-state index is 0.0141. The summed E-state index contributed by atoms with van der Waals surface area (Å²) in [6, 6.07) is 6.43. The average molecular weight is 295 g/mol. The molecule has 0 saturated carbocycles. The molecule has 2 rings (SSSR count). The summed E-state index contributed by atoms with van der Waals surface area (Å²) < 4.78 is 1.17. The lowest BCUT2D eigenvalue weighted by atomic mass is 10.1. The first-order chi connectivity index (χ1) is 9.58. The van der Waals surface area contributed by atoms with Crippen LogP contribution in [0.15, 0.2) is 29.4 Å². The van der Waals surface area contributed by atoms with Crippen molar-refractivity contribution in [1.82, 2.24) is 10.2 Å². The van der Waals surface area contributed by atoms with Crippen molar-refractivity contribution >= 4 is 35.1 Å². The van der Waals surface area contributed by atoms with Crippen LogP contribution in [0.25, 0.3) is 10.9 Å². The van der Waals surface area contributed by atoms with Crippen molar-refractivity contribution < 1.29 is 10.0 Å². The second kappa shape index (κ2) is 6.83. The molecule has 20 heavy (non-hydrogen) atoms. The van der Waals surface area contributed by atoms with Crippen LogP contribution in [0.5, 0.6) is 0 Å². The van der Waals surface area contributed by atoms with Gasteiger partial charge in [-0.3, -0.25) is 15.4 Å². The van der Waals surface area contributed by atoms with Crippen molar-refractivity contribution in [3.05, 3.63) is 40.3 Å². The van der Waals surface area contributed by atoms with E-state index in [1.54, 1.807) is 18.2 Å². The van der Waals surface area contributed by atoms with Gasteiger partial charge >= 0.3 is 0 Å². The van der Waals surface area contributed by atoms with E-state index in [0.29, 0.717) is 15.9 Å². The lowest BCUT2D eigenvalue weighted by Crippen LogP contribution is -2.30. The van der Waals surface area contributed by atoms with Crippen LogP contribution in [-0.4, -0.2) is 22.5 Å². The third-order valence-corrected chi connectivity index (χ3v) is 2.71. The fourth-order valence-corrected chi connectivity index (χ4v) is 1.83. The minimum atomic E-state index is -0.783. The zero-order valence-electron chi connectivity index (χ0n) is 11.1. The van der Waals surface area contributed by atoms with Crippen LogP contribution in [0.3, 0.4) is 0 Å². The number of fused-ring (bicyclic) bond motifs is 1. The van der Waals surface area contributed by atoms with E-state index in [-0.39, 0.29) is 11.1 Å². The SMILES string of the molecule is C=Nn1c(=N)c(C(=O)NO)cc2ccc(Cl)cc21.CC. The highest BCUT2D eigenvalue weighted by atomic mass is 35.5. The van der Waals surface area contributed by atoms with Crippen LogP contribution in [0, 0.1) is 5.41 Å². The van der Waals surface area contributed by atoms with Gasteiger partial charge in [0.05, 0.1) is 11.1 Å². The van der Waals surface area contributed by atoms with Crippen LogP contribution in [0.1, 0.15) is 24.2 Å². The zero-order valence-corrected chi connectivity index (χ0v) is 11.9.